The fourth-order valence-corrected chi connectivity index (χ4v) is 4.03. The summed E-state index contributed by atoms with van der Waals surface area (Å²) in [6.07, 6.45) is 0. The van der Waals surface area contributed by atoms with Gasteiger partial charge in [-0.2, -0.15) is 0 Å². The van der Waals surface area contributed by atoms with Crippen molar-refractivity contribution in [2.45, 2.75) is 13.0 Å². The van der Waals surface area contributed by atoms with Gasteiger partial charge in [-0.15, -0.1) is 0 Å². The number of nitro groups is 1. The van der Waals surface area contributed by atoms with Crippen LogP contribution in [0.4, 0.5) is 5.69 Å². The molecule has 198 valence electrons. The Kier molecular flexibility index (Phi) is 7.75. The van der Waals surface area contributed by atoms with Crippen molar-refractivity contribution >= 4 is 58.4 Å². The molecule has 1 aliphatic heterocycles. The van der Waals surface area contributed by atoms with Crippen molar-refractivity contribution in [3.05, 3.63) is 103 Å². The number of hydrogen-bond donors (Lipinski definition) is 0. The smallest absolute Gasteiger partial charge is 0.343 e. The van der Waals surface area contributed by atoms with Gasteiger partial charge in [0.05, 0.1) is 26.1 Å². The third-order valence-corrected chi connectivity index (χ3v) is 6.48. The summed E-state index contributed by atoms with van der Waals surface area (Å²) in [6.45, 7) is 0.492. The number of nitrogens with zero attached hydrogens (tertiary/aromatic N) is 2. The zero-order valence-corrected chi connectivity index (χ0v) is 21.4. The Morgan fingerprint density at radius 3 is 2.26 bits per heavy atom. The minimum absolute atomic E-state index is 0.126. The Morgan fingerprint density at radius 2 is 1.62 bits per heavy atom. The highest BCUT2D eigenvalue weighted by atomic mass is 35.5. The first kappa shape index (κ1) is 27.4. The molecule has 2 amide bonds. The number of carbonyl (C=O) groups is 5. The molecule has 1 heterocycles. The lowest BCUT2D eigenvalue weighted by atomic mass is 10.1. The summed E-state index contributed by atoms with van der Waals surface area (Å²) in [5.41, 5.74) is -0.886. The Labute approximate surface area is 230 Å². The van der Waals surface area contributed by atoms with Crippen LogP contribution in [0.2, 0.25) is 10.0 Å². The van der Waals surface area contributed by atoms with Gasteiger partial charge in [0.15, 0.2) is 12.4 Å². The number of ketones is 1. The Balaban J connectivity index is 1.36. The molecule has 0 fully saturated rings. The van der Waals surface area contributed by atoms with Crippen molar-refractivity contribution in [1.82, 2.24) is 4.90 Å². The van der Waals surface area contributed by atoms with Crippen LogP contribution in [-0.2, 0) is 9.53 Å². The summed E-state index contributed by atoms with van der Waals surface area (Å²) in [4.78, 5) is 73.8. The molecule has 0 N–H and O–H groups in total. The fourth-order valence-electron chi connectivity index (χ4n) is 3.73. The maximum atomic E-state index is 12.7. The van der Waals surface area contributed by atoms with E-state index in [1.807, 2.05) is 0 Å². The third-order valence-electron chi connectivity index (χ3n) is 5.74. The number of amides is 2. The summed E-state index contributed by atoms with van der Waals surface area (Å²) in [6, 6.07) is 11.8. The highest BCUT2D eigenvalue weighted by molar-refractivity contribution is 6.42. The Hall–Kier alpha value is -4.61. The fraction of sp³-hybridized carbons (Fsp3) is 0.115. The van der Waals surface area contributed by atoms with Crippen molar-refractivity contribution in [2.75, 3.05) is 6.61 Å². The lowest BCUT2D eigenvalue weighted by molar-refractivity contribution is -0.385. The van der Waals surface area contributed by atoms with Crippen LogP contribution >= 0.6 is 23.2 Å². The first-order valence-corrected chi connectivity index (χ1v) is 11.9. The standard InChI is InChI=1S/C26H16Cl2N2O9/c1-13(29-23(32)17-3-2-4-20(30(36)37)22(17)24(29)33)25(34)38-12-21(31)14-5-8-16(9-6-14)39-26(35)15-7-10-18(27)19(28)11-15/h2-11,13H,12H2,1H3. The number of ether oxygens (including phenoxy) is 2. The summed E-state index contributed by atoms with van der Waals surface area (Å²) in [5, 5.41) is 11.7. The van der Waals surface area contributed by atoms with Crippen LogP contribution in [0.1, 0.15) is 48.4 Å². The molecule has 3 aromatic carbocycles. The van der Waals surface area contributed by atoms with E-state index in [1.165, 1.54) is 61.5 Å². The van der Waals surface area contributed by atoms with Gasteiger partial charge >= 0.3 is 11.9 Å². The topological polar surface area (TPSA) is 150 Å². The Bertz CT molecular complexity index is 1550. The van der Waals surface area contributed by atoms with Gasteiger partial charge in [-0.3, -0.25) is 29.4 Å². The molecule has 0 saturated carbocycles. The van der Waals surface area contributed by atoms with Gasteiger partial charge in [0.2, 0.25) is 0 Å². The van der Waals surface area contributed by atoms with Crippen LogP contribution in [0.25, 0.3) is 0 Å². The number of hydrogen-bond acceptors (Lipinski definition) is 9. The summed E-state index contributed by atoms with van der Waals surface area (Å²) >= 11 is 11.7. The van der Waals surface area contributed by atoms with Gasteiger partial charge in [-0.05, 0) is 55.5 Å². The number of carbonyl (C=O) groups excluding carboxylic acids is 5. The van der Waals surface area contributed by atoms with E-state index in [4.69, 9.17) is 32.7 Å². The first-order chi connectivity index (χ1) is 18.5. The number of esters is 2. The molecule has 0 bridgehead atoms. The van der Waals surface area contributed by atoms with Gasteiger partial charge < -0.3 is 9.47 Å². The van der Waals surface area contributed by atoms with Gasteiger partial charge in [0.25, 0.3) is 17.5 Å². The molecule has 0 saturated heterocycles. The summed E-state index contributed by atoms with van der Waals surface area (Å²) < 4.78 is 10.2. The van der Waals surface area contributed by atoms with Crippen molar-refractivity contribution in [3.8, 4) is 5.75 Å². The minimum atomic E-state index is -1.45. The molecule has 4 rings (SSSR count). The zero-order chi connectivity index (χ0) is 28.4. The van der Waals surface area contributed by atoms with Crippen LogP contribution in [0.5, 0.6) is 5.75 Å². The van der Waals surface area contributed by atoms with Crippen LogP contribution < -0.4 is 4.74 Å². The first-order valence-electron chi connectivity index (χ1n) is 11.1. The third kappa shape index (κ3) is 5.49. The normalized spacial score (nSPS) is 13.1. The molecule has 1 aliphatic rings. The predicted octanol–water partition coefficient (Wildman–Crippen LogP) is 4.53. The summed E-state index contributed by atoms with van der Waals surface area (Å²) in [7, 11) is 0. The highest BCUT2D eigenvalue weighted by Gasteiger charge is 2.45. The van der Waals surface area contributed by atoms with E-state index in [0.29, 0.717) is 4.90 Å². The molecule has 0 radical (unpaired) electrons. The number of nitro benzene ring substituents is 1. The number of Topliss-reactive ketones (excluding diaryl/α,β-unsaturated/α-hetero) is 1. The van der Waals surface area contributed by atoms with E-state index in [2.05, 4.69) is 0 Å². The molecule has 39 heavy (non-hydrogen) atoms. The zero-order valence-electron chi connectivity index (χ0n) is 19.9. The Morgan fingerprint density at radius 1 is 0.949 bits per heavy atom. The number of imide groups is 1. The van der Waals surface area contributed by atoms with Crippen LogP contribution in [0, 0.1) is 10.1 Å². The maximum Gasteiger partial charge on any atom is 0.343 e. The highest BCUT2D eigenvalue weighted by Crippen LogP contribution is 2.32. The lowest BCUT2D eigenvalue weighted by Crippen LogP contribution is -2.44. The minimum Gasteiger partial charge on any atom is -0.456 e. The average Bonchev–Trinajstić information content (AvgIpc) is 3.18. The van der Waals surface area contributed by atoms with Gasteiger partial charge in [-0.1, -0.05) is 29.3 Å². The second kappa shape index (κ2) is 11.0. The molecular weight excluding hydrogens is 555 g/mol. The van der Waals surface area contributed by atoms with E-state index in [-0.39, 0.29) is 32.5 Å². The molecule has 0 aliphatic carbocycles. The van der Waals surface area contributed by atoms with E-state index >= 15 is 0 Å². The monoisotopic (exact) mass is 570 g/mol. The molecule has 13 heteroatoms. The predicted molar refractivity (Wildman–Crippen MR) is 136 cm³/mol. The van der Waals surface area contributed by atoms with E-state index in [1.54, 1.807) is 0 Å². The molecule has 11 nitrogen and oxygen atoms in total. The van der Waals surface area contributed by atoms with Crippen molar-refractivity contribution < 1.29 is 38.4 Å². The number of halogens is 2. The largest absolute Gasteiger partial charge is 0.456 e. The van der Waals surface area contributed by atoms with Crippen molar-refractivity contribution in [1.29, 1.82) is 0 Å². The number of fused-ring (bicyclic) bond motifs is 1. The molecule has 0 spiro atoms. The quantitative estimate of drug-likeness (QED) is 0.0949. The maximum absolute atomic E-state index is 12.7. The van der Waals surface area contributed by atoms with Crippen molar-refractivity contribution in [2.24, 2.45) is 0 Å². The van der Waals surface area contributed by atoms with Gasteiger partial charge in [-0.25, -0.2) is 9.59 Å². The van der Waals surface area contributed by atoms with Gasteiger partial charge in [0, 0.05) is 11.6 Å². The van der Waals surface area contributed by atoms with Crippen LogP contribution in [-0.4, -0.2) is 52.0 Å². The molecule has 1 atom stereocenters. The van der Waals surface area contributed by atoms with Gasteiger partial charge in [0.1, 0.15) is 17.4 Å². The molecule has 1 unspecified atom stereocenters. The molecular formula is C26H16Cl2N2O9. The molecule has 0 aromatic heterocycles. The van der Waals surface area contributed by atoms with E-state index in [9.17, 15) is 34.1 Å². The second-order valence-electron chi connectivity index (χ2n) is 8.19. The van der Waals surface area contributed by atoms with E-state index in [0.717, 1.165) is 6.07 Å². The van der Waals surface area contributed by atoms with Crippen molar-refractivity contribution in [3.63, 3.8) is 0 Å². The average molecular weight is 571 g/mol. The van der Waals surface area contributed by atoms with Crippen LogP contribution in [0.15, 0.2) is 60.7 Å². The van der Waals surface area contributed by atoms with E-state index < -0.39 is 58.4 Å². The second-order valence-corrected chi connectivity index (χ2v) is 9.00. The number of benzene rings is 3. The van der Waals surface area contributed by atoms with Crippen LogP contribution in [0.3, 0.4) is 0 Å². The number of rotatable bonds is 8. The summed E-state index contributed by atoms with van der Waals surface area (Å²) in [5.74, 6) is -4.14. The lowest BCUT2D eigenvalue weighted by Gasteiger charge is -2.20. The SMILES string of the molecule is CC(C(=O)OCC(=O)c1ccc(OC(=O)c2ccc(Cl)c(Cl)c2)cc1)N1C(=O)c2cccc([N+](=O)[O-])c2C1=O. The molecule has 3 aromatic rings.